The van der Waals surface area contributed by atoms with E-state index in [1.165, 1.54) is 12.4 Å². The lowest BCUT2D eigenvalue weighted by Crippen LogP contribution is -2.50. The van der Waals surface area contributed by atoms with Crippen LogP contribution in [0.25, 0.3) is 16.8 Å². The van der Waals surface area contributed by atoms with Crippen LogP contribution in [0.4, 0.5) is 30.7 Å². The summed E-state index contributed by atoms with van der Waals surface area (Å²) in [5.41, 5.74) is -6.00. The molecule has 0 amide bonds. The van der Waals surface area contributed by atoms with Gasteiger partial charge in [0.05, 0.1) is 16.2 Å². The first kappa shape index (κ1) is 29.7. The highest BCUT2D eigenvalue weighted by Gasteiger charge is 2.73. The zero-order valence-electron chi connectivity index (χ0n) is 18.1. The molecule has 0 fully saturated rings. The van der Waals surface area contributed by atoms with Crippen LogP contribution in [0.2, 0.25) is 15.1 Å². The van der Waals surface area contributed by atoms with Gasteiger partial charge >= 0.3 is 18.0 Å². The zero-order valence-corrected chi connectivity index (χ0v) is 21.2. The third-order valence-electron chi connectivity index (χ3n) is 5.24. The van der Waals surface area contributed by atoms with Crippen LogP contribution in [-0.2, 0) is 23.4 Å². The lowest BCUT2D eigenvalue weighted by atomic mass is 9.94. The summed E-state index contributed by atoms with van der Waals surface area (Å²) >= 11 is 16.0. The van der Waals surface area contributed by atoms with E-state index in [1.807, 2.05) is 0 Å². The van der Waals surface area contributed by atoms with Crippen LogP contribution >= 0.6 is 34.8 Å². The molecule has 202 valence electrons. The fourth-order valence-electron chi connectivity index (χ4n) is 3.45. The molecule has 1 aromatic heterocycles. The molecule has 5 nitrogen and oxygen atoms in total. The summed E-state index contributed by atoms with van der Waals surface area (Å²) < 4.78 is 116. The molecule has 0 radical (unpaired) electrons. The maximum absolute atomic E-state index is 14.4. The fourth-order valence-corrected chi connectivity index (χ4v) is 4.64. The summed E-state index contributed by atoms with van der Waals surface area (Å²) in [4.78, 5) is 0. The Balaban J connectivity index is 1.95. The number of benzene rings is 2. The SMILES string of the molecule is O=S(O)NCCCc1cc(-c2cnn(-c3c(Cl)cc(C(F)(C(F)(F)F)C(F)(F)F)cc3Cl)c2)ccc1Cl. The summed E-state index contributed by atoms with van der Waals surface area (Å²) in [6.07, 6.45) is -9.00. The lowest BCUT2D eigenvalue weighted by molar-refractivity contribution is -0.348. The summed E-state index contributed by atoms with van der Waals surface area (Å²) in [6.45, 7) is 0.247. The van der Waals surface area contributed by atoms with Crippen LogP contribution in [0, 0.1) is 0 Å². The van der Waals surface area contributed by atoms with E-state index in [-0.39, 0.29) is 24.4 Å². The topological polar surface area (TPSA) is 67.2 Å². The molecule has 1 heterocycles. The van der Waals surface area contributed by atoms with Gasteiger partial charge in [-0.3, -0.25) is 4.55 Å². The second-order valence-corrected chi connectivity index (χ2v) is 9.68. The largest absolute Gasteiger partial charge is 0.435 e. The van der Waals surface area contributed by atoms with E-state index >= 15 is 0 Å². The van der Waals surface area contributed by atoms with Crippen LogP contribution in [0.5, 0.6) is 0 Å². The number of alkyl halides is 7. The maximum Gasteiger partial charge on any atom is 0.435 e. The van der Waals surface area contributed by atoms with E-state index in [9.17, 15) is 34.9 Å². The predicted octanol–water partition coefficient (Wildman–Crippen LogP) is 7.45. The number of hydrogen-bond acceptors (Lipinski definition) is 2. The van der Waals surface area contributed by atoms with Gasteiger partial charge < -0.3 is 0 Å². The summed E-state index contributed by atoms with van der Waals surface area (Å²) in [5.74, 6) is 0. The first-order valence-electron chi connectivity index (χ1n) is 10.1. The molecule has 0 aliphatic carbocycles. The van der Waals surface area contributed by atoms with Crippen molar-refractivity contribution in [1.82, 2.24) is 14.5 Å². The number of aromatic nitrogens is 2. The van der Waals surface area contributed by atoms with Gasteiger partial charge in [0.15, 0.2) is 0 Å². The number of nitrogens with one attached hydrogen (secondary N) is 1. The number of nitrogens with zero attached hydrogens (tertiary/aromatic N) is 2. The zero-order chi connectivity index (χ0) is 27.8. The van der Waals surface area contributed by atoms with Crippen LogP contribution in [-0.4, -0.2) is 37.4 Å². The van der Waals surface area contributed by atoms with Crippen molar-refractivity contribution in [3.63, 3.8) is 0 Å². The molecule has 0 spiro atoms. The minimum Gasteiger partial charge on any atom is -0.294 e. The van der Waals surface area contributed by atoms with E-state index in [4.69, 9.17) is 39.4 Å². The molecule has 0 saturated heterocycles. The lowest BCUT2D eigenvalue weighted by Gasteiger charge is -2.30. The first-order chi connectivity index (χ1) is 17.1. The van der Waals surface area contributed by atoms with Gasteiger partial charge in [0, 0.05) is 28.9 Å². The average molecular weight is 613 g/mol. The molecule has 0 aliphatic heterocycles. The Bertz CT molecular complexity index is 1280. The number of halogens is 10. The first-order valence-corrected chi connectivity index (χ1v) is 12.3. The number of hydrogen-bond donors (Lipinski definition) is 2. The smallest absolute Gasteiger partial charge is 0.294 e. The third kappa shape index (κ3) is 6.23. The second-order valence-electron chi connectivity index (χ2n) is 7.67. The quantitative estimate of drug-likeness (QED) is 0.158. The van der Waals surface area contributed by atoms with Crippen molar-refractivity contribution in [2.75, 3.05) is 6.54 Å². The second kappa shape index (κ2) is 11.1. The Hall–Kier alpha value is -1.90. The molecule has 1 atom stereocenters. The molecule has 1 unspecified atom stereocenters. The molecular weight excluding hydrogens is 598 g/mol. The Morgan fingerprint density at radius 1 is 0.919 bits per heavy atom. The molecule has 16 heteroatoms. The molecule has 0 saturated carbocycles. The maximum atomic E-state index is 14.4. The van der Waals surface area contributed by atoms with E-state index in [0.29, 0.717) is 34.6 Å². The number of aryl methyl sites for hydroxylation is 1. The van der Waals surface area contributed by atoms with Gasteiger partial charge in [-0.25, -0.2) is 18.0 Å². The van der Waals surface area contributed by atoms with Gasteiger partial charge in [0.25, 0.3) is 0 Å². The number of rotatable bonds is 8. The van der Waals surface area contributed by atoms with Gasteiger partial charge in [-0.05, 0) is 48.2 Å². The average Bonchev–Trinajstić information content (AvgIpc) is 3.24. The van der Waals surface area contributed by atoms with Gasteiger partial charge in [-0.1, -0.05) is 40.9 Å². The van der Waals surface area contributed by atoms with Gasteiger partial charge in [0.1, 0.15) is 5.69 Å². The molecule has 2 N–H and O–H groups in total. The molecule has 2 aromatic carbocycles. The van der Waals surface area contributed by atoms with Crippen LogP contribution in [0.15, 0.2) is 42.7 Å². The highest BCUT2D eigenvalue weighted by Crippen LogP contribution is 2.54. The predicted molar refractivity (Wildman–Crippen MR) is 126 cm³/mol. The van der Waals surface area contributed by atoms with Crippen LogP contribution in [0.1, 0.15) is 17.5 Å². The Morgan fingerprint density at radius 3 is 2.05 bits per heavy atom. The highest BCUT2D eigenvalue weighted by molar-refractivity contribution is 7.77. The minimum absolute atomic E-state index is 0.207. The Morgan fingerprint density at radius 2 is 1.51 bits per heavy atom. The van der Waals surface area contributed by atoms with Crippen molar-refractivity contribution in [2.24, 2.45) is 0 Å². The molecule has 3 rings (SSSR count). The molecule has 0 bridgehead atoms. The van der Waals surface area contributed by atoms with Crippen LogP contribution in [0.3, 0.4) is 0 Å². The van der Waals surface area contributed by atoms with Gasteiger partial charge in [0.2, 0.25) is 11.3 Å². The van der Waals surface area contributed by atoms with E-state index in [0.717, 1.165) is 4.68 Å². The van der Waals surface area contributed by atoms with Gasteiger partial charge in [-0.2, -0.15) is 31.4 Å². The van der Waals surface area contributed by atoms with Crippen molar-refractivity contribution in [3.05, 3.63) is 68.9 Å². The van der Waals surface area contributed by atoms with E-state index in [1.54, 1.807) is 18.2 Å². The van der Waals surface area contributed by atoms with Crippen molar-refractivity contribution in [2.45, 2.75) is 30.9 Å². The molecule has 3 aromatic rings. The van der Waals surface area contributed by atoms with Crippen molar-refractivity contribution >= 4 is 46.1 Å². The van der Waals surface area contributed by atoms with Gasteiger partial charge in [-0.15, -0.1) is 0 Å². The summed E-state index contributed by atoms with van der Waals surface area (Å²) in [5, 5.41) is 3.07. The third-order valence-corrected chi connectivity index (χ3v) is 6.63. The molecule has 37 heavy (non-hydrogen) atoms. The Labute approximate surface area is 222 Å². The highest BCUT2D eigenvalue weighted by atomic mass is 35.5. The minimum atomic E-state index is -6.32. The fraction of sp³-hybridized carbons (Fsp3) is 0.286. The normalized spacial score (nSPS) is 13.7. The van der Waals surface area contributed by atoms with Crippen molar-refractivity contribution in [1.29, 1.82) is 0 Å². The van der Waals surface area contributed by atoms with Crippen molar-refractivity contribution in [3.8, 4) is 16.8 Å². The standard InChI is InChI=1S/C21H15Cl3F7N3O2S/c22-15-4-3-11(6-12(15)2-1-5-33-37(35)36)13-9-32-34(10-13)18-16(23)7-14(8-17(18)24)19(25,20(26,27)28)21(29,30)31/h3-4,6-10,33H,1-2,5H2,(H,35,36). The Kier molecular flexibility index (Phi) is 8.87. The van der Waals surface area contributed by atoms with E-state index < -0.39 is 44.9 Å². The monoisotopic (exact) mass is 611 g/mol. The summed E-state index contributed by atoms with van der Waals surface area (Å²) in [7, 11) is 0. The molecular formula is C21H15Cl3F7N3O2S. The van der Waals surface area contributed by atoms with E-state index in [2.05, 4.69) is 9.82 Å². The van der Waals surface area contributed by atoms with Crippen LogP contribution < -0.4 is 4.72 Å². The van der Waals surface area contributed by atoms with Crippen molar-refractivity contribution < 1.29 is 39.5 Å². The molecule has 0 aliphatic rings. The summed E-state index contributed by atoms with van der Waals surface area (Å²) in [6, 6.07) is 5.38.